The van der Waals surface area contributed by atoms with Crippen molar-refractivity contribution in [1.82, 2.24) is 14.8 Å². The molecule has 3 rings (SSSR count). The van der Waals surface area contributed by atoms with E-state index in [1.54, 1.807) is 0 Å². The molecule has 5 heteroatoms. The van der Waals surface area contributed by atoms with Gasteiger partial charge in [-0.2, -0.15) is 0 Å². The first-order valence-corrected chi connectivity index (χ1v) is 8.18. The minimum absolute atomic E-state index is 0.168. The topological polar surface area (TPSA) is 56.7 Å². The van der Waals surface area contributed by atoms with Crippen LogP contribution in [0.5, 0.6) is 0 Å². The summed E-state index contributed by atoms with van der Waals surface area (Å²) in [6.07, 6.45) is 2.95. The van der Waals surface area contributed by atoms with E-state index in [1.807, 2.05) is 30.0 Å². The second-order valence-electron chi connectivity index (χ2n) is 6.63. The SMILES string of the molecule is Cc1cccc(CN2CC[C@]3(CCCN(CCO)C3)C2=O)n1. The van der Waals surface area contributed by atoms with Gasteiger partial charge in [0.05, 0.1) is 24.3 Å². The summed E-state index contributed by atoms with van der Waals surface area (Å²) in [6, 6.07) is 5.96. The molecule has 0 saturated carbocycles. The van der Waals surface area contributed by atoms with Crippen LogP contribution in [0.3, 0.4) is 0 Å². The number of likely N-dealkylation sites (tertiary alicyclic amines) is 2. The fourth-order valence-corrected chi connectivity index (χ4v) is 3.86. The molecule has 5 nitrogen and oxygen atoms in total. The molecule has 120 valence electrons. The van der Waals surface area contributed by atoms with Gasteiger partial charge in [0.15, 0.2) is 0 Å². The molecule has 0 bridgehead atoms. The van der Waals surface area contributed by atoms with Gasteiger partial charge < -0.3 is 10.0 Å². The maximum atomic E-state index is 12.9. The molecule has 0 radical (unpaired) electrons. The molecule has 1 atom stereocenters. The largest absolute Gasteiger partial charge is 0.395 e. The van der Waals surface area contributed by atoms with Gasteiger partial charge in [-0.05, 0) is 44.9 Å². The zero-order valence-electron chi connectivity index (χ0n) is 13.3. The van der Waals surface area contributed by atoms with Crippen molar-refractivity contribution < 1.29 is 9.90 Å². The molecule has 0 aliphatic carbocycles. The second kappa shape index (κ2) is 6.34. The average molecular weight is 303 g/mol. The van der Waals surface area contributed by atoms with E-state index in [0.717, 1.165) is 50.3 Å². The van der Waals surface area contributed by atoms with Gasteiger partial charge in [0.25, 0.3) is 0 Å². The Kier molecular flexibility index (Phi) is 4.45. The van der Waals surface area contributed by atoms with Gasteiger partial charge in [-0.15, -0.1) is 0 Å². The fourth-order valence-electron chi connectivity index (χ4n) is 3.86. The number of amides is 1. The number of nitrogens with zero attached hydrogens (tertiary/aromatic N) is 3. The van der Waals surface area contributed by atoms with E-state index in [9.17, 15) is 4.79 Å². The van der Waals surface area contributed by atoms with Gasteiger partial charge in [0.2, 0.25) is 5.91 Å². The Balaban J connectivity index is 1.69. The number of carbonyl (C=O) groups excluding carboxylic acids is 1. The van der Waals surface area contributed by atoms with Crippen LogP contribution in [0, 0.1) is 12.3 Å². The summed E-state index contributed by atoms with van der Waals surface area (Å²) in [4.78, 5) is 21.6. The van der Waals surface area contributed by atoms with Crippen molar-refractivity contribution in [3.8, 4) is 0 Å². The Labute approximate surface area is 131 Å². The number of piperidine rings is 1. The number of carbonyl (C=O) groups is 1. The van der Waals surface area contributed by atoms with Crippen LogP contribution in [-0.2, 0) is 11.3 Å². The summed E-state index contributed by atoms with van der Waals surface area (Å²) in [6.45, 7) is 6.04. The van der Waals surface area contributed by atoms with Gasteiger partial charge in [0.1, 0.15) is 0 Å². The quantitative estimate of drug-likeness (QED) is 0.908. The molecule has 2 saturated heterocycles. The first kappa shape index (κ1) is 15.4. The van der Waals surface area contributed by atoms with Gasteiger partial charge in [-0.1, -0.05) is 6.07 Å². The van der Waals surface area contributed by atoms with Crippen molar-refractivity contribution >= 4 is 5.91 Å². The highest BCUT2D eigenvalue weighted by molar-refractivity contribution is 5.85. The molecule has 0 unspecified atom stereocenters. The van der Waals surface area contributed by atoms with Crippen LogP contribution < -0.4 is 0 Å². The van der Waals surface area contributed by atoms with Crippen LogP contribution >= 0.6 is 0 Å². The zero-order chi connectivity index (χ0) is 15.6. The normalized spacial score (nSPS) is 26.1. The number of aryl methyl sites for hydroxylation is 1. The highest BCUT2D eigenvalue weighted by Gasteiger charge is 2.48. The van der Waals surface area contributed by atoms with Crippen molar-refractivity contribution in [3.05, 3.63) is 29.6 Å². The minimum Gasteiger partial charge on any atom is -0.395 e. The molecule has 2 aliphatic rings. The Morgan fingerprint density at radius 3 is 2.95 bits per heavy atom. The van der Waals surface area contributed by atoms with E-state index < -0.39 is 0 Å². The third-order valence-electron chi connectivity index (χ3n) is 4.97. The lowest BCUT2D eigenvalue weighted by Gasteiger charge is -2.38. The monoisotopic (exact) mass is 303 g/mol. The molecule has 1 aromatic heterocycles. The highest BCUT2D eigenvalue weighted by Crippen LogP contribution is 2.40. The molecule has 1 amide bonds. The number of β-amino-alcohol motifs (C(OH)–C–C–N with tert-alkyl or cyclic N) is 1. The first-order valence-electron chi connectivity index (χ1n) is 8.18. The number of pyridine rings is 1. The Hall–Kier alpha value is -1.46. The smallest absolute Gasteiger partial charge is 0.230 e. The number of hydrogen-bond acceptors (Lipinski definition) is 4. The molecule has 22 heavy (non-hydrogen) atoms. The summed E-state index contributed by atoms with van der Waals surface area (Å²) >= 11 is 0. The Morgan fingerprint density at radius 1 is 1.32 bits per heavy atom. The van der Waals surface area contributed by atoms with Crippen LogP contribution in [-0.4, -0.2) is 58.6 Å². The maximum Gasteiger partial charge on any atom is 0.230 e. The molecule has 0 aromatic carbocycles. The summed E-state index contributed by atoms with van der Waals surface area (Å²) in [7, 11) is 0. The Bertz CT molecular complexity index is 546. The third-order valence-corrected chi connectivity index (χ3v) is 4.97. The van der Waals surface area contributed by atoms with E-state index in [0.29, 0.717) is 13.1 Å². The molecule has 1 aromatic rings. The standard InChI is InChI=1S/C17H25N3O2/c1-14-4-2-5-15(18-14)12-20-9-7-17(16(20)22)6-3-8-19(13-17)10-11-21/h2,4-5,21H,3,6-13H2,1H3/t17-/m0/s1. The number of hydrogen-bond donors (Lipinski definition) is 1. The lowest BCUT2D eigenvalue weighted by Crippen LogP contribution is -2.48. The Morgan fingerprint density at radius 2 is 2.18 bits per heavy atom. The van der Waals surface area contributed by atoms with Crippen LogP contribution in [0.15, 0.2) is 18.2 Å². The molecule has 2 aliphatic heterocycles. The summed E-state index contributed by atoms with van der Waals surface area (Å²) < 4.78 is 0. The third kappa shape index (κ3) is 3.01. The lowest BCUT2D eigenvalue weighted by atomic mass is 9.78. The number of aliphatic hydroxyl groups is 1. The molecular formula is C17H25N3O2. The van der Waals surface area contributed by atoms with E-state index >= 15 is 0 Å². The molecule has 1 spiro atoms. The van der Waals surface area contributed by atoms with Crippen molar-refractivity contribution in [2.45, 2.75) is 32.7 Å². The lowest BCUT2D eigenvalue weighted by molar-refractivity contribution is -0.139. The number of rotatable bonds is 4. The van der Waals surface area contributed by atoms with Gasteiger partial charge in [-0.3, -0.25) is 14.7 Å². The van der Waals surface area contributed by atoms with E-state index in [-0.39, 0.29) is 17.9 Å². The van der Waals surface area contributed by atoms with Crippen molar-refractivity contribution in [1.29, 1.82) is 0 Å². The highest BCUT2D eigenvalue weighted by atomic mass is 16.3. The molecular weight excluding hydrogens is 278 g/mol. The molecule has 2 fully saturated rings. The van der Waals surface area contributed by atoms with Crippen LogP contribution in [0.25, 0.3) is 0 Å². The molecule has 1 N–H and O–H groups in total. The van der Waals surface area contributed by atoms with Crippen LogP contribution in [0.1, 0.15) is 30.7 Å². The van der Waals surface area contributed by atoms with Crippen LogP contribution in [0.4, 0.5) is 0 Å². The van der Waals surface area contributed by atoms with E-state index in [1.165, 1.54) is 0 Å². The van der Waals surface area contributed by atoms with Crippen molar-refractivity contribution in [3.63, 3.8) is 0 Å². The number of aliphatic hydroxyl groups excluding tert-OH is 1. The summed E-state index contributed by atoms with van der Waals surface area (Å²) in [5, 5.41) is 9.14. The predicted octanol–water partition coefficient (Wildman–Crippen LogP) is 1.20. The fraction of sp³-hybridized carbons (Fsp3) is 0.647. The van der Waals surface area contributed by atoms with Crippen molar-refractivity contribution in [2.24, 2.45) is 5.41 Å². The van der Waals surface area contributed by atoms with Crippen molar-refractivity contribution in [2.75, 3.05) is 32.8 Å². The van der Waals surface area contributed by atoms with Gasteiger partial charge in [0, 0.05) is 25.3 Å². The maximum absolute atomic E-state index is 12.9. The zero-order valence-corrected chi connectivity index (χ0v) is 13.3. The van der Waals surface area contributed by atoms with E-state index in [4.69, 9.17) is 5.11 Å². The number of aromatic nitrogens is 1. The first-order chi connectivity index (χ1) is 10.6. The summed E-state index contributed by atoms with van der Waals surface area (Å²) in [5.74, 6) is 0.276. The molecule has 3 heterocycles. The van der Waals surface area contributed by atoms with Crippen LogP contribution in [0.2, 0.25) is 0 Å². The van der Waals surface area contributed by atoms with E-state index in [2.05, 4.69) is 9.88 Å². The second-order valence-corrected chi connectivity index (χ2v) is 6.63. The minimum atomic E-state index is -0.225. The van der Waals surface area contributed by atoms with Gasteiger partial charge in [-0.25, -0.2) is 0 Å². The average Bonchev–Trinajstić information content (AvgIpc) is 2.77. The predicted molar refractivity (Wildman–Crippen MR) is 84.2 cm³/mol. The summed E-state index contributed by atoms with van der Waals surface area (Å²) in [5.41, 5.74) is 1.73. The van der Waals surface area contributed by atoms with Gasteiger partial charge >= 0.3 is 0 Å².